The van der Waals surface area contributed by atoms with Crippen molar-refractivity contribution < 1.29 is 23.8 Å². The number of carbonyl (C=O) groups excluding carboxylic acids is 1. The van der Waals surface area contributed by atoms with Crippen molar-refractivity contribution in [2.24, 2.45) is 18.4 Å². The predicted molar refractivity (Wildman–Crippen MR) is 190 cm³/mol. The maximum Gasteiger partial charge on any atom is 0.306 e. The number of aromatic amines is 1. The summed E-state index contributed by atoms with van der Waals surface area (Å²) in [5, 5.41) is 15.2. The van der Waals surface area contributed by atoms with Crippen molar-refractivity contribution in [3.8, 4) is 23.0 Å². The van der Waals surface area contributed by atoms with E-state index in [0.29, 0.717) is 47.1 Å². The number of hydrogen-bond donors (Lipinski definition) is 2. The average molecular weight is 681 g/mol. The Bertz CT molecular complexity index is 2050. The lowest BCUT2D eigenvalue weighted by Crippen LogP contribution is -2.37. The molecule has 11 heteroatoms. The van der Waals surface area contributed by atoms with Crippen LogP contribution in [0.5, 0.6) is 11.5 Å². The molecule has 0 saturated heterocycles. The van der Waals surface area contributed by atoms with E-state index in [2.05, 4.69) is 42.9 Å². The molecule has 1 unspecified atom stereocenters. The van der Waals surface area contributed by atoms with Crippen LogP contribution in [0, 0.1) is 17.2 Å². The number of hydrogen-bond acceptors (Lipinski definition) is 6. The van der Waals surface area contributed by atoms with Crippen LogP contribution in [0.1, 0.15) is 75.9 Å². The van der Waals surface area contributed by atoms with Crippen LogP contribution in [0.25, 0.3) is 22.4 Å². The van der Waals surface area contributed by atoms with Crippen molar-refractivity contribution in [1.29, 1.82) is 0 Å². The fraction of sp³-hybridized carbons (Fsp3) is 0.410. The summed E-state index contributed by atoms with van der Waals surface area (Å²) in [5.41, 5.74) is 2.73. The molecule has 5 aromatic rings. The molecule has 262 valence electrons. The van der Waals surface area contributed by atoms with E-state index in [1.54, 1.807) is 48.1 Å². The van der Waals surface area contributed by atoms with Crippen molar-refractivity contribution >= 4 is 22.8 Å². The number of likely N-dealkylation sites (N-methyl/N-ethyl adjacent to an activating group) is 1. The summed E-state index contributed by atoms with van der Waals surface area (Å²) in [6.07, 6.45) is 7.11. The molecule has 0 radical (unpaired) electrons. The van der Waals surface area contributed by atoms with Gasteiger partial charge in [0.1, 0.15) is 11.4 Å². The van der Waals surface area contributed by atoms with Crippen LogP contribution in [0.3, 0.4) is 0 Å². The van der Waals surface area contributed by atoms with Gasteiger partial charge in [0.2, 0.25) is 5.91 Å². The minimum atomic E-state index is -0.831. The Kier molecular flexibility index (Phi) is 9.52. The molecule has 2 atom stereocenters. The number of pyridine rings is 1. The summed E-state index contributed by atoms with van der Waals surface area (Å²) in [5.74, 6) is -0.567. The number of carboxylic acid groups (broad SMARTS) is 1. The van der Waals surface area contributed by atoms with Crippen LogP contribution in [-0.2, 0) is 34.9 Å². The van der Waals surface area contributed by atoms with Crippen molar-refractivity contribution in [2.75, 3.05) is 13.6 Å². The van der Waals surface area contributed by atoms with Crippen molar-refractivity contribution in [3.05, 3.63) is 89.3 Å². The number of rotatable bonds is 4. The van der Waals surface area contributed by atoms with Crippen LogP contribution in [0.2, 0.25) is 0 Å². The molecule has 3 aromatic heterocycles. The van der Waals surface area contributed by atoms with Gasteiger partial charge in [-0.15, -0.1) is 0 Å². The molecule has 4 bridgehead atoms. The van der Waals surface area contributed by atoms with Gasteiger partial charge in [0.15, 0.2) is 23.2 Å². The molecular formula is C39H45FN6O4. The van der Waals surface area contributed by atoms with Gasteiger partial charge >= 0.3 is 5.97 Å². The van der Waals surface area contributed by atoms with Gasteiger partial charge in [-0.3, -0.25) is 14.6 Å². The Morgan fingerprint density at radius 1 is 1.10 bits per heavy atom. The molecule has 1 aliphatic heterocycles. The topological polar surface area (TPSA) is 126 Å². The van der Waals surface area contributed by atoms with Gasteiger partial charge in [-0.1, -0.05) is 57.9 Å². The van der Waals surface area contributed by atoms with Crippen molar-refractivity contribution in [3.63, 3.8) is 0 Å². The van der Waals surface area contributed by atoms with Gasteiger partial charge in [-0.05, 0) is 54.9 Å². The third kappa shape index (κ3) is 7.13. The number of ether oxygens (including phenoxy) is 1. The lowest BCUT2D eigenvalue weighted by Gasteiger charge is -2.32. The van der Waals surface area contributed by atoms with E-state index in [9.17, 15) is 14.7 Å². The molecule has 0 spiro atoms. The predicted octanol–water partition coefficient (Wildman–Crippen LogP) is 7.46. The quantitative estimate of drug-likeness (QED) is 0.202. The van der Waals surface area contributed by atoms with E-state index in [-0.39, 0.29) is 23.5 Å². The molecule has 4 heterocycles. The van der Waals surface area contributed by atoms with Crippen molar-refractivity contribution in [2.45, 2.75) is 71.6 Å². The Morgan fingerprint density at radius 2 is 1.88 bits per heavy atom. The number of nitrogens with zero attached hydrogens (tertiary/aromatic N) is 5. The molecule has 50 heavy (non-hydrogen) atoms. The highest BCUT2D eigenvalue weighted by molar-refractivity contribution is 5.91. The summed E-state index contributed by atoms with van der Waals surface area (Å²) < 4.78 is 23.7. The molecule has 0 aliphatic carbocycles. The maximum atomic E-state index is 15.8. The minimum Gasteiger partial charge on any atom is -0.481 e. The monoisotopic (exact) mass is 680 g/mol. The highest BCUT2D eigenvalue weighted by Gasteiger charge is 2.35. The number of fused-ring (bicyclic) bond motifs is 8. The first kappa shape index (κ1) is 34.8. The van der Waals surface area contributed by atoms with E-state index < -0.39 is 23.1 Å². The number of carbonyl (C=O) groups is 2. The first-order valence-corrected chi connectivity index (χ1v) is 17.1. The normalized spacial score (nSPS) is 19.2. The Hall–Kier alpha value is -5.06. The Labute approximate surface area is 291 Å². The fourth-order valence-electron chi connectivity index (χ4n) is 7.11. The minimum absolute atomic E-state index is 0.00324. The summed E-state index contributed by atoms with van der Waals surface area (Å²) in [4.78, 5) is 39.8. The van der Waals surface area contributed by atoms with E-state index in [1.807, 2.05) is 25.2 Å². The number of halogens is 1. The zero-order valence-corrected chi connectivity index (χ0v) is 29.6. The summed E-state index contributed by atoms with van der Waals surface area (Å²) in [7, 11) is 3.62. The highest BCUT2D eigenvalue weighted by atomic mass is 19.1. The largest absolute Gasteiger partial charge is 0.481 e. The van der Waals surface area contributed by atoms with Gasteiger partial charge in [-0.2, -0.15) is 5.10 Å². The molecule has 1 aliphatic rings. The molecule has 2 N–H and O–H groups in total. The Balaban J connectivity index is 1.45. The van der Waals surface area contributed by atoms with Crippen LogP contribution < -0.4 is 4.74 Å². The maximum absolute atomic E-state index is 15.8. The molecule has 1 amide bonds. The SMILES string of the molecule is C[C@H](Cc1cccc(C2(C)CCCCC(C)(C)CN(C)C(=O)Cc3c(c(F)cc4[nH]ccc34)Oc3ccnc(c3)-c3nc2nn3C)c1)C(=O)O. The molecule has 6 rings (SSSR count). The number of aliphatic carboxylic acids is 1. The van der Waals surface area contributed by atoms with Gasteiger partial charge in [0, 0.05) is 61.6 Å². The van der Waals surface area contributed by atoms with Crippen LogP contribution >= 0.6 is 0 Å². The number of aromatic nitrogens is 5. The lowest BCUT2D eigenvalue weighted by molar-refractivity contribution is -0.141. The molecule has 0 saturated carbocycles. The van der Waals surface area contributed by atoms with Crippen LogP contribution in [-0.4, -0.2) is 60.2 Å². The smallest absolute Gasteiger partial charge is 0.306 e. The van der Waals surface area contributed by atoms with Crippen molar-refractivity contribution in [1.82, 2.24) is 29.6 Å². The third-order valence-corrected chi connectivity index (χ3v) is 10.0. The summed E-state index contributed by atoms with van der Waals surface area (Å²) >= 11 is 0. The number of amides is 1. The number of aryl methyl sites for hydroxylation is 1. The lowest BCUT2D eigenvalue weighted by atomic mass is 9.75. The Morgan fingerprint density at radius 3 is 2.66 bits per heavy atom. The van der Waals surface area contributed by atoms with Gasteiger partial charge in [0.05, 0.1) is 17.8 Å². The van der Waals surface area contributed by atoms with E-state index >= 15 is 4.39 Å². The molecular weight excluding hydrogens is 635 g/mol. The first-order valence-electron chi connectivity index (χ1n) is 17.1. The average Bonchev–Trinajstić information content (AvgIpc) is 3.70. The van der Waals surface area contributed by atoms with Gasteiger partial charge in [-0.25, -0.2) is 14.1 Å². The second kappa shape index (κ2) is 13.7. The number of carboxylic acids is 1. The second-order valence-electron chi connectivity index (χ2n) is 14.7. The third-order valence-electron chi connectivity index (χ3n) is 10.0. The molecule has 0 fully saturated rings. The van der Waals surface area contributed by atoms with Gasteiger partial charge in [0.25, 0.3) is 0 Å². The van der Waals surface area contributed by atoms with Gasteiger partial charge < -0.3 is 19.7 Å². The summed E-state index contributed by atoms with van der Waals surface area (Å²) in [6, 6.07) is 14.6. The highest BCUT2D eigenvalue weighted by Crippen LogP contribution is 2.39. The molecule has 10 nitrogen and oxygen atoms in total. The number of H-pyrrole nitrogens is 1. The zero-order chi connectivity index (χ0) is 35.8. The van der Waals surface area contributed by atoms with E-state index in [1.165, 1.54) is 6.07 Å². The van der Waals surface area contributed by atoms with E-state index in [0.717, 1.165) is 42.2 Å². The zero-order valence-electron chi connectivity index (χ0n) is 29.6. The standard InChI is InChI=1S/C39H45FN6O4/c1-24(36(48)49)18-25-10-9-11-26(19-25)39(4)15-8-7-14-38(2,3)23-45(5)33(47)21-29-28-13-17-41-31(28)22-30(40)34(29)50-27-12-16-42-32(20-27)35-43-37(39)44-46(35)6/h9-13,16-17,19-20,22,24,41H,7-8,14-15,18,21,23H2,1-6H3,(H,48,49)/t24-,39?/m1/s1. The number of benzene rings is 2. The first-order chi connectivity index (χ1) is 23.7. The second-order valence-corrected chi connectivity index (χ2v) is 14.7. The van der Waals surface area contributed by atoms with Crippen LogP contribution in [0.4, 0.5) is 4.39 Å². The number of nitrogens with one attached hydrogen (secondary N) is 1. The van der Waals surface area contributed by atoms with E-state index in [4.69, 9.17) is 14.8 Å². The molecule has 2 aromatic carbocycles. The fourth-order valence-corrected chi connectivity index (χ4v) is 7.11. The summed E-state index contributed by atoms with van der Waals surface area (Å²) in [6.45, 7) is 8.72. The van der Waals surface area contributed by atoms with Crippen LogP contribution in [0.15, 0.2) is 60.9 Å².